The predicted octanol–water partition coefficient (Wildman–Crippen LogP) is 3.21. The molecule has 0 atom stereocenters. The third-order valence-corrected chi connectivity index (χ3v) is 2.54. The van der Waals surface area contributed by atoms with E-state index in [0.29, 0.717) is 11.1 Å². The Bertz CT molecular complexity index is 511. The lowest BCUT2D eigenvalue weighted by Crippen LogP contribution is -2.00. The van der Waals surface area contributed by atoms with Gasteiger partial charge in [-0.15, -0.1) is 0 Å². The van der Waals surface area contributed by atoms with E-state index >= 15 is 0 Å². The molecule has 0 heterocycles. The van der Waals surface area contributed by atoms with Gasteiger partial charge in [-0.2, -0.15) is 0 Å². The summed E-state index contributed by atoms with van der Waals surface area (Å²) in [6.45, 7) is 3.65. The van der Waals surface area contributed by atoms with E-state index in [1.54, 1.807) is 19.9 Å². The molecule has 96 valence electrons. The molecule has 0 aromatic heterocycles. The number of rotatable bonds is 4. The van der Waals surface area contributed by atoms with Gasteiger partial charge in [0.05, 0.1) is 11.5 Å². The summed E-state index contributed by atoms with van der Waals surface area (Å²) in [5.74, 6) is -0.479. The molecule has 6 heteroatoms. The Kier molecular flexibility index (Phi) is 4.85. The van der Waals surface area contributed by atoms with E-state index in [-0.39, 0.29) is 17.3 Å². The van der Waals surface area contributed by atoms with Crippen LogP contribution in [-0.2, 0) is 9.53 Å². The molecule has 1 rings (SSSR count). The van der Waals surface area contributed by atoms with Crippen molar-refractivity contribution in [1.82, 2.24) is 0 Å². The van der Waals surface area contributed by atoms with Crippen molar-refractivity contribution >= 4 is 28.8 Å². The molecule has 0 aliphatic heterocycles. The Morgan fingerprint density at radius 2 is 2.22 bits per heavy atom. The number of nitro benzene ring substituents is 1. The number of nitrogens with zero attached hydrogens (tertiary/aromatic N) is 1. The Morgan fingerprint density at radius 3 is 2.78 bits per heavy atom. The number of benzene rings is 1. The summed E-state index contributed by atoms with van der Waals surface area (Å²) in [7, 11) is 0. The first-order valence-corrected chi connectivity index (χ1v) is 5.63. The van der Waals surface area contributed by atoms with Gasteiger partial charge in [0, 0.05) is 12.1 Å². The number of hydrogen-bond acceptors (Lipinski definition) is 4. The highest BCUT2D eigenvalue weighted by atomic mass is 35.5. The summed E-state index contributed by atoms with van der Waals surface area (Å²) in [4.78, 5) is 21.4. The molecule has 1 aromatic carbocycles. The van der Waals surface area contributed by atoms with Crippen molar-refractivity contribution in [1.29, 1.82) is 0 Å². The molecule has 0 saturated heterocycles. The number of halogens is 1. The average molecular weight is 270 g/mol. The van der Waals surface area contributed by atoms with E-state index in [9.17, 15) is 14.9 Å². The van der Waals surface area contributed by atoms with E-state index in [1.807, 2.05) is 0 Å². The van der Waals surface area contributed by atoms with E-state index in [0.717, 1.165) is 0 Å². The zero-order valence-corrected chi connectivity index (χ0v) is 10.7. The molecule has 0 spiro atoms. The van der Waals surface area contributed by atoms with Crippen molar-refractivity contribution < 1.29 is 14.5 Å². The van der Waals surface area contributed by atoms with Crippen LogP contribution in [0.25, 0.3) is 5.57 Å². The van der Waals surface area contributed by atoms with Crippen LogP contribution in [0.3, 0.4) is 0 Å². The molecular formula is C12H12ClNO4. The highest BCUT2D eigenvalue weighted by molar-refractivity contribution is 6.32. The van der Waals surface area contributed by atoms with Crippen molar-refractivity contribution in [2.75, 3.05) is 6.61 Å². The van der Waals surface area contributed by atoms with Crippen LogP contribution >= 0.6 is 11.6 Å². The maximum Gasteiger partial charge on any atom is 0.331 e. The molecule has 0 N–H and O–H groups in total. The van der Waals surface area contributed by atoms with E-state index in [2.05, 4.69) is 0 Å². The summed E-state index contributed by atoms with van der Waals surface area (Å²) in [5.41, 5.74) is 0.943. The first-order chi connectivity index (χ1) is 8.45. The van der Waals surface area contributed by atoms with Crippen LogP contribution in [0.2, 0.25) is 5.02 Å². The van der Waals surface area contributed by atoms with Crippen molar-refractivity contribution in [2.24, 2.45) is 0 Å². The summed E-state index contributed by atoms with van der Waals surface area (Å²) in [6.07, 6.45) is 1.29. The molecule has 5 nitrogen and oxygen atoms in total. The van der Waals surface area contributed by atoms with Gasteiger partial charge in [0.1, 0.15) is 5.02 Å². The fraction of sp³-hybridized carbons (Fsp3) is 0.250. The van der Waals surface area contributed by atoms with Crippen LogP contribution < -0.4 is 0 Å². The lowest BCUT2D eigenvalue weighted by atomic mass is 10.1. The number of nitro groups is 1. The zero-order valence-electron chi connectivity index (χ0n) is 9.97. The number of allylic oxidation sites excluding steroid dienone is 1. The molecule has 1 aromatic rings. The van der Waals surface area contributed by atoms with Crippen molar-refractivity contribution in [3.63, 3.8) is 0 Å². The average Bonchev–Trinajstić information content (AvgIpc) is 2.29. The van der Waals surface area contributed by atoms with Crippen molar-refractivity contribution in [2.45, 2.75) is 13.8 Å². The molecule has 0 unspecified atom stereocenters. The number of carbonyl (C=O) groups excluding carboxylic acids is 1. The molecule has 0 amide bonds. The van der Waals surface area contributed by atoms with E-state index in [1.165, 1.54) is 18.2 Å². The Hall–Kier alpha value is -1.88. The second kappa shape index (κ2) is 6.16. The SMILES string of the molecule is CCOC(=O)/C=C(/C)c1ccc(Cl)c([N+](=O)[O-])c1. The van der Waals surface area contributed by atoms with Crippen LogP contribution in [0.5, 0.6) is 0 Å². The fourth-order valence-electron chi connectivity index (χ4n) is 1.34. The highest BCUT2D eigenvalue weighted by Gasteiger charge is 2.13. The first-order valence-electron chi connectivity index (χ1n) is 5.25. The second-order valence-corrected chi connectivity index (χ2v) is 3.91. The van der Waals surface area contributed by atoms with E-state index in [4.69, 9.17) is 16.3 Å². The van der Waals surface area contributed by atoms with Crippen molar-refractivity contribution in [3.05, 3.63) is 45.0 Å². The van der Waals surface area contributed by atoms with Gasteiger partial charge in [0.25, 0.3) is 5.69 Å². The van der Waals surface area contributed by atoms with Gasteiger partial charge in [-0.1, -0.05) is 17.7 Å². The highest BCUT2D eigenvalue weighted by Crippen LogP contribution is 2.27. The van der Waals surface area contributed by atoms with Crippen LogP contribution in [0.4, 0.5) is 5.69 Å². The van der Waals surface area contributed by atoms with Crippen LogP contribution in [-0.4, -0.2) is 17.5 Å². The molecule has 0 radical (unpaired) electrons. The fourth-order valence-corrected chi connectivity index (χ4v) is 1.53. The summed E-state index contributed by atoms with van der Waals surface area (Å²) >= 11 is 5.70. The third kappa shape index (κ3) is 3.56. The van der Waals surface area contributed by atoms with Gasteiger partial charge >= 0.3 is 5.97 Å². The number of hydrogen-bond donors (Lipinski definition) is 0. The summed E-state index contributed by atoms with van der Waals surface area (Å²) < 4.78 is 4.76. The Balaban J connectivity index is 3.07. The number of ether oxygens (including phenoxy) is 1. The van der Waals surface area contributed by atoms with Gasteiger partial charge in [-0.3, -0.25) is 10.1 Å². The van der Waals surface area contributed by atoms with Gasteiger partial charge < -0.3 is 4.74 Å². The predicted molar refractivity (Wildman–Crippen MR) is 68.4 cm³/mol. The Morgan fingerprint density at radius 1 is 1.56 bits per heavy atom. The number of carbonyl (C=O) groups is 1. The molecule has 0 saturated carbocycles. The van der Waals surface area contributed by atoms with Gasteiger partial charge in [0.2, 0.25) is 0 Å². The largest absolute Gasteiger partial charge is 0.463 e. The summed E-state index contributed by atoms with van der Waals surface area (Å²) in [5, 5.41) is 10.8. The maximum atomic E-state index is 11.3. The third-order valence-electron chi connectivity index (χ3n) is 2.22. The minimum Gasteiger partial charge on any atom is -0.463 e. The zero-order chi connectivity index (χ0) is 13.7. The number of esters is 1. The van der Waals surface area contributed by atoms with Gasteiger partial charge in [-0.25, -0.2) is 4.79 Å². The lowest BCUT2D eigenvalue weighted by Gasteiger charge is -2.03. The summed E-state index contributed by atoms with van der Waals surface area (Å²) in [6, 6.07) is 4.37. The normalized spacial score (nSPS) is 11.2. The smallest absolute Gasteiger partial charge is 0.331 e. The minimum absolute atomic E-state index is 0.0627. The van der Waals surface area contributed by atoms with Gasteiger partial charge in [0.15, 0.2) is 0 Å². The minimum atomic E-state index is -0.566. The van der Waals surface area contributed by atoms with Crippen molar-refractivity contribution in [3.8, 4) is 0 Å². The molecule has 0 aliphatic carbocycles. The first kappa shape index (κ1) is 14.2. The second-order valence-electron chi connectivity index (χ2n) is 3.50. The topological polar surface area (TPSA) is 69.4 Å². The molecule has 18 heavy (non-hydrogen) atoms. The molecule has 0 fully saturated rings. The van der Waals surface area contributed by atoms with E-state index < -0.39 is 10.9 Å². The van der Waals surface area contributed by atoms with Gasteiger partial charge in [-0.05, 0) is 31.1 Å². The molecular weight excluding hydrogens is 258 g/mol. The van der Waals surface area contributed by atoms with Crippen LogP contribution in [0, 0.1) is 10.1 Å². The standard InChI is InChI=1S/C12H12ClNO4/c1-3-18-12(15)6-8(2)9-4-5-10(13)11(7-9)14(16)17/h4-7H,3H2,1-2H3/b8-6-. The Labute approximate surface area is 109 Å². The van der Waals surface area contributed by atoms with Crippen LogP contribution in [0.15, 0.2) is 24.3 Å². The van der Waals surface area contributed by atoms with Crippen LogP contribution in [0.1, 0.15) is 19.4 Å². The molecule has 0 aliphatic rings. The quantitative estimate of drug-likeness (QED) is 0.364. The maximum absolute atomic E-state index is 11.3. The lowest BCUT2D eigenvalue weighted by molar-refractivity contribution is -0.384. The monoisotopic (exact) mass is 269 g/mol. The molecule has 0 bridgehead atoms.